The van der Waals surface area contributed by atoms with Crippen molar-refractivity contribution in [2.75, 3.05) is 0 Å². The van der Waals surface area contributed by atoms with Crippen LogP contribution in [0.1, 0.15) is 5.56 Å². The fourth-order valence-electron chi connectivity index (χ4n) is 1.12. The standard InChI is InChI=1S/C9H11NO5S/c10-8(9(11)12)5-6-1-3-7(4-2-6)15-16(13)14/h1-4,8H,5,10H2,(H,11,12)(H,13,14)/p+1. The molecule has 0 aliphatic heterocycles. The summed E-state index contributed by atoms with van der Waals surface area (Å²) < 4.78 is 23.4. The molecule has 4 N–H and O–H groups in total. The minimum absolute atomic E-state index is 0.195. The molecule has 0 aliphatic carbocycles. The average molecular weight is 246 g/mol. The first-order valence-electron chi connectivity index (χ1n) is 4.40. The number of thiol groups is 1. The van der Waals surface area contributed by atoms with E-state index in [-0.39, 0.29) is 12.2 Å². The summed E-state index contributed by atoms with van der Waals surface area (Å²) >= 11 is -2.68. The number of hydrogen-bond donors (Lipinski definition) is 3. The van der Waals surface area contributed by atoms with Gasteiger partial charge in [-0.25, -0.2) is 0 Å². The number of nitrogens with two attached hydrogens (primary N) is 1. The topological polar surface area (TPSA) is 110 Å². The second kappa shape index (κ2) is 5.59. The maximum Gasteiger partial charge on any atom is 0.381 e. The Labute approximate surface area is 94.5 Å². The summed E-state index contributed by atoms with van der Waals surface area (Å²) in [7, 11) is 0. The van der Waals surface area contributed by atoms with Crippen molar-refractivity contribution in [2.45, 2.75) is 12.5 Å². The van der Waals surface area contributed by atoms with Gasteiger partial charge in [0.25, 0.3) is 0 Å². The molecule has 0 saturated heterocycles. The number of rotatable bonds is 5. The number of aliphatic carboxylic acids is 1. The molecule has 0 bridgehead atoms. The smallest absolute Gasteiger partial charge is 0.381 e. The maximum atomic E-state index is 10.5. The van der Waals surface area contributed by atoms with Crippen molar-refractivity contribution in [3.8, 4) is 5.75 Å². The lowest BCUT2D eigenvalue weighted by molar-refractivity contribution is -0.138. The first-order valence-corrected chi connectivity index (χ1v) is 5.53. The quantitative estimate of drug-likeness (QED) is 0.502. The number of benzene rings is 1. The van der Waals surface area contributed by atoms with Crippen LogP contribution in [0.4, 0.5) is 0 Å². The van der Waals surface area contributed by atoms with Gasteiger partial charge >= 0.3 is 17.3 Å². The molecule has 88 valence electrons. The molecule has 0 radical (unpaired) electrons. The average Bonchev–Trinajstić information content (AvgIpc) is 2.20. The molecule has 0 aliphatic rings. The van der Waals surface area contributed by atoms with Crippen molar-refractivity contribution >= 4 is 17.3 Å². The van der Waals surface area contributed by atoms with Crippen molar-refractivity contribution in [3.63, 3.8) is 0 Å². The van der Waals surface area contributed by atoms with Crippen molar-refractivity contribution in [1.29, 1.82) is 0 Å². The van der Waals surface area contributed by atoms with Crippen LogP contribution in [0.5, 0.6) is 5.75 Å². The molecule has 2 atom stereocenters. The molecule has 7 heteroatoms. The zero-order valence-corrected chi connectivity index (χ0v) is 9.13. The molecule has 2 unspecified atom stereocenters. The summed E-state index contributed by atoms with van der Waals surface area (Å²) in [6.45, 7) is 0. The largest absolute Gasteiger partial charge is 0.480 e. The van der Waals surface area contributed by atoms with Gasteiger partial charge in [-0.05, 0) is 28.3 Å². The molecule has 0 aromatic heterocycles. The summed E-state index contributed by atoms with van der Waals surface area (Å²) in [4.78, 5) is 10.5. The van der Waals surface area contributed by atoms with E-state index in [1.807, 2.05) is 0 Å². The summed E-state index contributed by atoms with van der Waals surface area (Å²) in [5, 5.41) is 8.60. The molecule has 1 aromatic carbocycles. The van der Waals surface area contributed by atoms with E-state index in [0.717, 1.165) is 5.56 Å². The van der Waals surface area contributed by atoms with Gasteiger partial charge in [-0.1, -0.05) is 12.1 Å². The van der Waals surface area contributed by atoms with E-state index >= 15 is 0 Å². The molecule has 16 heavy (non-hydrogen) atoms. The van der Waals surface area contributed by atoms with Gasteiger partial charge in [0.1, 0.15) is 6.04 Å². The molecule has 0 spiro atoms. The van der Waals surface area contributed by atoms with E-state index in [9.17, 15) is 9.00 Å². The Hall–Kier alpha value is -1.44. The molecule has 0 heterocycles. The van der Waals surface area contributed by atoms with E-state index in [0.29, 0.717) is 0 Å². The normalized spacial score (nSPS) is 14.1. The molecule has 0 saturated carbocycles. The minimum Gasteiger partial charge on any atom is -0.480 e. The number of hydrogen-bond acceptors (Lipinski definition) is 4. The summed E-state index contributed by atoms with van der Waals surface area (Å²) in [5.41, 5.74) is 6.07. The van der Waals surface area contributed by atoms with Crippen LogP contribution in [0.2, 0.25) is 0 Å². The highest BCUT2D eigenvalue weighted by atomic mass is 32.2. The number of carboxylic acids is 1. The fourth-order valence-corrected chi connectivity index (χ4v) is 1.42. The molecule has 6 nitrogen and oxygen atoms in total. The van der Waals surface area contributed by atoms with E-state index in [1.165, 1.54) is 12.1 Å². The zero-order chi connectivity index (χ0) is 12.1. The number of carbonyl (C=O) groups is 1. The highest BCUT2D eigenvalue weighted by Crippen LogP contribution is 2.13. The van der Waals surface area contributed by atoms with E-state index in [4.69, 9.17) is 15.4 Å². The number of carboxylic acid groups (broad SMARTS) is 1. The van der Waals surface area contributed by atoms with E-state index < -0.39 is 23.4 Å². The Kier molecular flexibility index (Phi) is 4.41. The molecular weight excluding hydrogens is 234 g/mol. The third-order valence-electron chi connectivity index (χ3n) is 1.88. The van der Waals surface area contributed by atoms with Crippen molar-refractivity contribution in [2.24, 2.45) is 5.73 Å². The second-order valence-corrected chi connectivity index (χ2v) is 3.78. The van der Waals surface area contributed by atoms with Crippen LogP contribution in [0.25, 0.3) is 0 Å². The highest BCUT2D eigenvalue weighted by Gasteiger charge is 2.12. The van der Waals surface area contributed by atoms with Gasteiger partial charge in [-0.2, -0.15) is 4.55 Å². The zero-order valence-electron chi connectivity index (χ0n) is 8.24. The lowest BCUT2D eigenvalue weighted by Gasteiger charge is -2.05. The molecule has 0 fully saturated rings. The van der Waals surface area contributed by atoms with Crippen LogP contribution in [0.3, 0.4) is 0 Å². The summed E-state index contributed by atoms with van der Waals surface area (Å²) in [5.74, 6) is -0.824. The molecule has 0 amide bonds. The van der Waals surface area contributed by atoms with Gasteiger partial charge < -0.3 is 10.8 Å². The van der Waals surface area contributed by atoms with Crippen molar-refractivity contribution in [1.82, 2.24) is 0 Å². The minimum atomic E-state index is -2.68. The predicted octanol–water partition coefficient (Wildman–Crippen LogP) is 0.104. The van der Waals surface area contributed by atoms with Gasteiger partial charge in [0.2, 0.25) is 0 Å². The second-order valence-electron chi connectivity index (χ2n) is 3.12. The highest BCUT2D eigenvalue weighted by molar-refractivity contribution is 7.74. The SMILES string of the molecule is NC(Cc1ccc(O[SH+](=O)O)cc1)C(=O)O. The Morgan fingerprint density at radius 3 is 2.44 bits per heavy atom. The Morgan fingerprint density at radius 2 is 2.00 bits per heavy atom. The monoisotopic (exact) mass is 246 g/mol. The maximum absolute atomic E-state index is 10.5. The van der Waals surface area contributed by atoms with E-state index in [1.54, 1.807) is 12.1 Å². The van der Waals surface area contributed by atoms with Gasteiger partial charge in [-0.3, -0.25) is 8.98 Å². The van der Waals surface area contributed by atoms with Gasteiger partial charge in [-0.15, -0.1) is 0 Å². The Morgan fingerprint density at radius 1 is 1.44 bits per heavy atom. The van der Waals surface area contributed by atoms with Crippen LogP contribution in [0.15, 0.2) is 24.3 Å². The van der Waals surface area contributed by atoms with Crippen LogP contribution in [-0.2, 0) is 26.8 Å². The van der Waals surface area contributed by atoms with Gasteiger partial charge in [0.15, 0.2) is 5.75 Å². The lowest BCUT2D eigenvalue weighted by atomic mass is 10.1. The third kappa shape index (κ3) is 3.97. The predicted molar refractivity (Wildman–Crippen MR) is 58.5 cm³/mol. The fraction of sp³-hybridized carbons (Fsp3) is 0.222. The molecule has 1 aromatic rings. The third-order valence-corrected chi connectivity index (χ3v) is 2.25. The Balaban J connectivity index is 2.64. The van der Waals surface area contributed by atoms with Crippen molar-refractivity contribution in [3.05, 3.63) is 29.8 Å². The van der Waals surface area contributed by atoms with Crippen LogP contribution in [-0.4, -0.2) is 21.7 Å². The van der Waals surface area contributed by atoms with Crippen molar-refractivity contribution < 1.29 is 22.8 Å². The van der Waals surface area contributed by atoms with Crippen LogP contribution >= 0.6 is 0 Å². The van der Waals surface area contributed by atoms with Gasteiger partial charge in [0, 0.05) is 0 Å². The van der Waals surface area contributed by atoms with Gasteiger partial charge in [0.05, 0.1) is 0 Å². The first-order chi connectivity index (χ1) is 7.49. The molecular formula is C9H12NO5S+. The lowest BCUT2D eigenvalue weighted by Crippen LogP contribution is -2.32. The summed E-state index contributed by atoms with van der Waals surface area (Å²) in [6, 6.07) is 5.19. The van der Waals surface area contributed by atoms with Crippen LogP contribution in [0, 0.1) is 0 Å². The van der Waals surface area contributed by atoms with Crippen LogP contribution < -0.4 is 9.92 Å². The van der Waals surface area contributed by atoms with E-state index in [2.05, 4.69) is 4.18 Å². The molecule has 1 rings (SSSR count). The first kappa shape index (κ1) is 12.6. The Bertz CT molecular complexity index is 391. The summed E-state index contributed by atoms with van der Waals surface area (Å²) in [6.07, 6.45) is 0.195.